The standard InChI is InChI=1S/C13H20N2OS/c1-2-6-17-12-5-3-4-10-13(12)9(7-14)11(16)8-15-10/h8,12,16H,2-7,14H2,1H3. The molecule has 0 fully saturated rings. The average molecular weight is 252 g/mol. The van der Waals surface area contributed by atoms with E-state index in [1.54, 1.807) is 6.20 Å². The topological polar surface area (TPSA) is 59.1 Å². The summed E-state index contributed by atoms with van der Waals surface area (Å²) >= 11 is 1.97. The highest BCUT2D eigenvalue weighted by Gasteiger charge is 2.25. The van der Waals surface area contributed by atoms with E-state index in [2.05, 4.69) is 11.9 Å². The van der Waals surface area contributed by atoms with Crippen molar-refractivity contribution in [1.82, 2.24) is 4.98 Å². The molecule has 0 saturated carbocycles. The smallest absolute Gasteiger partial charge is 0.138 e. The fraction of sp³-hybridized carbons (Fsp3) is 0.615. The summed E-state index contributed by atoms with van der Waals surface area (Å²) in [5, 5.41) is 10.3. The van der Waals surface area contributed by atoms with Crippen molar-refractivity contribution in [2.75, 3.05) is 5.75 Å². The molecule has 4 heteroatoms. The maximum absolute atomic E-state index is 9.86. The molecule has 1 aliphatic rings. The van der Waals surface area contributed by atoms with E-state index in [1.165, 1.54) is 24.8 Å². The van der Waals surface area contributed by atoms with E-state index in [0.717, 1.165) is 23.4 Å². The van der Waals surface area contributed by atoms with Gasteiger partial charge in [0.2, 0.25) is 0 Å². The quantitative estimate of drug-likeness (QED) is 0.865. The molecule has 0 amide bonds. The molecule has 0 bridgehead atoms. The Balaban J connectivity index is 2.36. The van der Waals surface area contributed by atoms with Crippen LogP contribution < -0.4 is 5.73 Å². The van der Waals surface area contributed by atoms with Crippen LogP contribution in [0.2, 0.25) is 0 Å². The Bertz CT molecular complexity index is 395. The third kappa shape index (κ3) is 2.58. The van der Waals surface area contributed by atoms with E-state index in [9.17, 15) is 5.11 Å². The number of hydrogen-bond donors (Lipinski definition) is 2. The van der Waals surface area contributed by atoms with Gasteiger partial charge in [0, 0.05) is 23.1 Å². The minimum absolute atomic E-state index is 0.259. The first kappa shape index (κ1) is 12.7. The molecule has 1 aromatic rings. The first-order valence-electron chi connectivity index (χ1n) is 6.29. The van der Waals surface area contributed by atoms with Crippen LogP contribution in [0.4, 0.5) is 0 Å². The van der Waals surface area contributed by atoms with Crippen molar-refractivity contribution in [2.45, 2.75) is 44.4 Å². The number of nitrogens with two attached hydrogens (primary N) is 1. The summed E-state index contributed by atoms with van der Waals surface area (Å²) in [5.74, 6) is 1.42. The molecule has 1 unspecified atom stereocenters. The molecule has 2 rings (SSSR count). The van der Waals surface area contributed by atoms with Crippen molar-refractivity contribution in [2.24, 2.45) is 5.73 Å². The van der Waals surface area contributed by atoms with Gasteiger partial charge in [-0.2, -0.15) is 11.8 Å². The Labute approximate surface area is 107 Å². The fourth-order valence-corrected chi connectivity index (χ4v) is 3.72. The van der Waals surface area contributed by atoms with Crippen LogP contribution in [0.3, 0.4) is 0 Å². The molecule has 94 valence electrons. The molecular weight excluding hydrogens is 232 g/mol. The Morgan fingerprint density at radius 2 is 2.41 bits per heavy atom. The van der Waals surface area contributed by atoms with Crippen molar-refractivity contribution < 1.29 is 5.11 Å². The molecule has 1 aromatic heterocycles. The highest BCUT2D eigenvalue weighted by Crippen LogP contribution is 2.42. The molecule has 1 atom stereocenters. The summed E-state index contributed by atoms with van der Waals surface area (Å²) in [6, 6.07) is 0. The number of thioether (sulfide) groups is 1. The number of nitrogens with zero attached hydrogens (tertiary/aromatic N) is 1. The van der Waals surface area contributed by atoms with Crippen LogP contribution in [-0.4, -0.2) is 15.8 Å². The summed E-state index contributed by atoms with van der Waals surface area (Å²) in [6.45, 7) is 2.60. The number of rotatable bonds is 4. The zero-order chi connectivity index (χ0) is 12.3. The minimum atomic E-state index is 0.259. The summed E-state index contributed by atoms with van der Waals surface area (Å²) < 4.78 is 0. The summed E-state index contributed by atoms with van der Waals surface area (Å²) in [4.78, 5) is 4.37. The van der Waals surface area contributed by atoms with Crippen LogP contribution in [0.25, 0.3) is 0 Å². The maximum Gasteiger partial charge on any atom is 0.138 e. The normalized spacial score (nSPS) is 19.1. The summed E-state index contributed by atoms with van der Waals surface area (Å²) in [5.41, 5.74) is 9.04. The Morgan fingerprint density at radius 3 is 3.12 bits per heavy atom. The monoisotopic (exact) mass is 252 g/mol. The largest absolute Gasteiger partial charge is 0.506 e. The summed E-state index contributed by atoms with van der Waals surface area (Å²) in [6.07, 6.45) is 6.12. The Morgan fingerprint density at radius 1 is 1.59 bits per heavy atom. The molecule has 0 saturated heterocycles. The SMILES string of the molecule is CCCSC1CCCc2ncc(O)c(CN)c21. The van der Waals surface area contributed by atoms with Gasteiger partial charge >= 0.3 is 0 Å². The lowest BCUT2D eigenvalue weighted by Gasteiger charge is -2.27. The van der Waals surface area contributed by atoms with Gasteiger partial charge in [0.1, 0.15) is 5.75 Å². The first-order chi connectivity index (χ1) is 8.27. The highest BCUT2D eigenvalue weighted by molar-refractivity contribution is 7.99. The predicted octanol–water partition coefficient (Wildman–Crippen LogP) is 2.77. The number of aryl methyl sites for hydroxylation is 1. The third-order valence-electron chi connectivity index (χ3n) is 3.22. The number of fused-ring (bicyclic) bond motifs is 1. The maximum atomic E-state index is 9.86. The van der Waals surface area contributed by atoms with Crippen molar-refractivity contribution in [1.29, 1.82) is 0 Å². The minimum Gasteiger partial charge on any atom is -0.506 e. The molecule has 1 heterocycles. The van der Waals surface area contributed by atoms with Crippen LogP contribution in [0.15, 0.2) is 6.20 Å². The van der Waals surface area contributed by atoms with E-state index in [0.29, 0.717) is 11.8 Å². The van der Waals surface area contributed by atoms with E-state index >= 15 is 0 Å². The Hall–Kier alpha value is -0.740. The molecule has 17 heavy (non-hydrogen) atoms. The van der Waals surface area contributed by atoms with Crippen molar-refractivity contribution in [3.63, 3.8) is 0 Å². The number of hydrogen-bond acceptors (Lipinski definition) is 4. The van der Waals surface area contributed by atoms with Gasteiger partial charge in [0.25, 0.3) is 0 Å². The van der Waals surface area contributed by atoms with Crippen molar-refractivity contribution in [3.8, 4) is 5.75 Å². The highest BCUT2D eigenvalue weighted by atomic mass is 32.2. The molecule has 0 radical (unpaired) electrons. The van der Waals surface area contributed by atoms with Crippen molar-refractivity contribution in [3.05, 3.63) is 23.0 Å². The summed E-state index contributed by atoms with van der Waals surface area (Å²) in [7, 11) is 0. The van der Waals surface area contributed by atoms with Crippen LogP contribution >= 0.6 is 11.8 Å². The van der Waals surface area contributed by atoms with Gasteiger partial charge in [-0.1, -0.05) is 6.92 Å². The van der Waals surface area contributed by atoms with Gasteiger partial charge in [0.05, 0.1) is 6.20 Å². The van der Waals surface area contributed by atoms with Gasteiger partial charge < -0.3 is 10.8 Å². The molecule has 0 aliphatic heterocycles. The molecule has 0 aromatic carbocycles. The third-order valence-corrected chi connectivity index (χ3v) is 4.73. The van der Waals surface area contributed by atoms with Crippen LogP contribution in [-0.2, 0) is 13.0 Å². The molecule has 1 aliphatic carbocycles. The van der Waals surface area contributed by atoms with E-state index < -0.39 is 0 Å². The predicted molar refractivity (Wildman–Crippen MR) is 72.2 cm³/mol. The fourth-order valence-electron chi connectivity index (χ4n) is 2.42. The van der Waals surface area contributed by atoms with Crippen molar-refractivity contribution >= 4 is 11.8 Å². The lowest BCUT2D eigenvalue weighted by Crippen LogP contribution is -2.15. The van der Waals surface area contributed by atoms with Crippen LogP contribution in [0.5, 0.6) is 5.75 Å². The molecular formula is C13H20N2OS. The average Bonchev–Trinajstić information content (AvgIpc) is 2.36. The number of aromatic nitrogens is 1. The number of pyridine rings is 1. The molecule has 3 N–H and O–H groups in total. The van der Waals surface area contributed by atoms with Gasteiger partial charge in [0.15, 0.2) is 0 Å². The van der Waals surface area contributed by atoms with E-state index in [1.807, 2.05) is 11.8 Å². The van der Waals surface area contributed by atoms with Crippen LogP contribution in [0.1, 0.15) is 48.3 Å². The lowest BCUT2D eigenvalue weighted by atomic mass is 9.91. The Kier molecular flexibility index (Phi) is 4.29. The van der Waals surface area contributed by atoms with E-state index in [-0.39, 0.29) is 5.75 Å². The lowest BCUT2D eigenvalue weighted by molar-refractivity contribution is 0.461. The van der Waals surface area contributed by atoms with Crippen LogP contribution in [0, 0.1) is 0 Å². The molecule has 0 spiro atoms. The van der Waals surface area contributed by atoms with Gasteiger partial charge in [-0.3, -0.25) is 4.98 Å². The molecule has 3 nitrogen and oxygen atoms in total. The second-order valence-corrected chi connectivity index (χ2v) is 5.75. The number of aromatic hydroxyl groups is 1. The zero-order valence-corrected chi connectivity index (χ0v) is 11.1. The first-order valence-corrected chi connectivity index (χ1v) is 7.34. The second-order valence-electron chi connectivity index (χ2n) is 4.44. The zero-order valence-electron chi connectivity index (χ0n) is 10.3. The second kappa shape index (κ2) is 5.74. The van der Waals surface area contributed by atoms with Gasteiger partial charge in [-0.25, -0.2) is 0 Å². The van der Waals surface area contributed by atoms with Gasteiger partial charge in [-0.15, -0.1) is 0 Å². The van der Waals surface area contributed by atoms with E-state index in [4.69, 9.17) is 5.73 Å². The van der Waals surface area contributed by atoms with Gasteiger partial charge in [-0.05, 0) is 37.0 Å².